The van der Waals surface area contributed by atoms with Crippen molar-refractivity contribution in [2.24, 2.45) is 0 Å². The molecule has 3 heteroatoms. The van der Waals surface area contributed by atoms with E-state index in [0.29, 0.717) is 0 Å². The summed E-state index contributed by atoms with van der Waals surface area (Å²) in [6.45, 7) is 8.35. The van der Waals surface area contributed by atoms with Crippen molar-refractivity contribution in [2.45, 2.75) is 31.9 Å². The third-order valence-electron chi connectivity index (χ3n) is 2.47. The van der Waals surface area contributed by atoms with Crippen LogP contribution in [0.3, 0.4) is 0 Å². The molecule has 1 rings (SSSR count). The largest absolute Gasteiger partial charge is 0.475 e. The van der Waals surface area contributed by atoms with Gasteiger partial charge in [-0.05, 0) is 44.3 Å². The van der Waals surface area contributed by atoms with Gasteiger partial charge in [0.1, 0.15) is 12.0 Å². The first-order valence-electron chi connectivity index (χ1n) is 5.37. The topological polar surface area (TPSA) is 12.5 Å². The van der Waals surface area contributed by atoms with E-state index in [1.807, 2.05) is 24.3 Å². The molecule has 0 heterocycles. The molecule has 0 spiro atoms. The van der Waals surface area contributed by atoms with Crippen LogP contribution in [-0.4, -0.2) is 24.2 Å². The fraction of sp³-hybridized carbons (Fsp3) is 0.500. The molecule has 1 aromatic carbocycles. The van der Waals surface area contributed by atoms with Crippen molar-refractivity contribution in [3.05, 3.63) is 24.3 Å². The molecule has 1 atom stereocenters. The van der Waals surface area contributed by atoms with E-state index < -0.39 is 0 Å². The molecule has 2 nitrogen and oxygen atoms in total. The van der Waals surface area contributed by atoms with Gasteiger partial charge in [0, 0.05) is 4.90 Å². The van der Waals surface area contributed by atoms with E-state index in [-0.39, 0.29) is 6.23 Å². The number of hydrogen-bond donors (Lipinski definition) is 1. The Balaban J connectivity index is 2.57. The van der Waals surface area contributed by atoms with Crippen molar-refractivity contribution in [2.75, 3.05) is 13.1 Å². The first-order valence-corrected chi connectivity index (χ1v) is 5.81. The molecule has 0 aromatic heterocycles. The number of rotatable bonds is 5. The van der Waals surface area contributed by atoms with E-state index in [1.165, 1.54) is 0 Å². The molecule has 0 amide bonds. The van der Waals surface area contributed by atoms with Crippen LogP contribution in [0.2, 0.25) is 0 Å². The zero-order chi connectivity index (χ0) is 11.3. The van der Waals surface area contributed by atoms with E-state index in [2.05, 4.69) is 38.3 Å². The molecular formula is C12H19NOS. The summed E-state index contributed by atoms with van der Waals surface area (Å²) in [6.07, 6.45) is 0.116. The first kappa shape index (κ1) is 12.4. The second kappa shape index (κ2) is 6.03. The molecule has 1 aromatic rings. The number of thiol groups is 1. The van der Waals surface area contributed by atoms with Gasteiger partial charge in [0.25, 0.3) is 0 Å². The fourth-order valence-electron chi connectivity index (χ4n) is 1.53. The molecule has 0 radical (unpaired) electrons. The van der Waals surface area contributed by atoms with Crippen LogP contribution in [0.1, 0.15) is 20.8 Å². The minimum absolute atomic E-state index is 0.116. The van der Waals surface area contributed by atoms with E-state index in [9.17, 15) is 0 Å². The van der Waals surface area contributed by atoms with Gasteiger partial charge in [0.05, 0.1) is 0 Å². The molecule has 0 aliphatic heterocycles. The monoisotopic (exact) mass is 225 g/mol. The van der Waals surface area contributed by atoms with Gasteiger partial charge in [-0.2, -0.15) is 0 Å². The van der Waals surface area contributed by atoms with Crippen LogP contribution in [0.5, 0.6) is 5.75 Å². The molecule has 84 valence electrons. The van der Waals surface area contributed by atoms with Gasteiger partial charge in [-0.15, -0.1) is 12.6 Å². The average Bonchev–Trinajstić information content (AvgIpc) is 2.23. The molecule has 15 heavy (non-hydrogen) atoms. The number of hydrogen-bond acceptors (Lipinski definition) is 3. The molecule has 0 fully saturated rings. The number of benzene rings is 1. The maximum Gasteiger partial charge on any atom is 0.149 e. The smallest absolute Gasteiger partial charge is 0.149 e. The minimum Gasteiger partial charge on any atom is -0.475 e. The molecule has 1 unspecified atom stereocenters. The predicted molar refractivity (Wildman–Crippen MR) is 66.7 cm³/mol. The van der Waals surface area contributed by atoms with Crippen LogP contribution >= 0.6 is 12.6 Å². The zero-order valence-corrected chi connectivity index (χ0v) is 10.5. The Morgan fingerprint density at radius 3 is 2.20 bits per heavy atom. The van der Waals surface area contributed by atoms with Gasteiger partial charge in [-0.1, -0.05) is 13.8 Å². The van der Waals surface area contributed by atoms with Crippen molar-refractivity contribution in [3.63, 3.8) is 0 Å². The molecule has 0 aliphatic rings. The summed E-state index contributed by atoms with van der Waals surface area (Å²) in [6, 6.07) is 7.77. The van der Waals surface area contributed by atoms with Crippen molar-refractivity contribution >= 4 is 12.6 Å². The van der Waals surface area contributed by atoms with Gasteiger partial charge in [-0.25, -0.2) is 0 Å². The van der Waals surface area contributed by atoms with Crippen molar-refractivity contribution in [3.8, 4) is 5.75 Å². The van der Waals surface area contributed by atoms with Gasteiger partial charge >= 0.3 is 0 Å². The first-order chi connectivity index (χ1) is 7.17. The quantitative estimate of drug-likeness (QED) is 0.611. The summed E-state index contributed by atoms with van der Waals surface area (Å²) in [5, 5.41) is 0. The summed E-state index contributed by atoms with van der Waals surface area (Å²) in [5.74, 6) is 0.896. The SMILES string of the molecule is CCN(CC)C(C)Oc1ccc(S)cc1. The Morgan fingerprint density at radius 1 is 1.20 bits per heavy atom. The van der Waals surface area contributed by atoms with Crippen LogP contribution in [0.4, 0.5) is 0 Å². The van der Waals surface area contributed by atoms with E-state index in [0.717, 1.165) is 23.7 Å². The van der Waals surface area contributed by atoms with Crippen molar-refractivity contribution < 1.29 is 4.74 Å². The summed E-state index contributed by atoms with van der Waals surface area (Å²) in [5.41, 5.74) is 0. The molecule has 0 saturated carbocycles. The maximum atomic E-state index is 5.81. The van der Waals surface area contributed by atoms with Crippen molar-refractivity contribution in [1.82, 2.24) is 4.90 Å². The van der Waals surface area contributed by atoms with Gasteiger partial charge in [0.15, 0.2) is 0 Å². The standard InChI is InChI=1S/C12H19NOS/c1-4-13(5-2)10(3)14-11-6-8-12(15)9-7-11/h6-10,15H,4-5H2,1-3H3. The van der Waals surface area contributed by atoms with Crippen molar-refractivity contribution in [1.29, 1.82) is 0 Å². The second-order valence-corrected chi connectivity index (χ2v) is 3.95. The molecule has 0 bridgehead atoms. The third kappa shape index (κ3) is 3.76. The number of ether oxygens (including phenoxy) is 1. The van der Waals surface area contributed by atoms with E-state index >= 15 is 0 Å². The van der Waals surface area contributed by atoms with E-state index in [1.54, 1.807) is 0 Å². The highest BCUT2D eigenvalue weighted by molar-refractivity contribution is 7.80. The van der Waals surface area contributed by atoms with E-state index in [4.69, 9.17) is 4.74 Å². The fourth-order valence-corrected chi connectivity index (χ4v) is 1.68. The Morgan fingerprint density at radius 2 is 1.73 bits per heavy atom. The Kier molecular flexibility index (Phi) is 4.99. The lowest BCUT2D eigenvalue weighted by Crippen LogP contribution is -2.36. The summed E-state index contributed by atoms with van der Waals surface area (Å²) in [7, 11) is 0. The van der Waals surface area contributed by atoms with Crippen LogP contribution < -0.4 is 4.74 Å². The average molecular weight is 225 g/mol. The second-order valence-electron chi connectivity index (χ2n) is 3.43. The van der Waals surface area contributed by atoms with Gasteiger partial charge in [-0.3, -0.25) is 4.90 Å². The Labute approximate surface area is 97.6 Å². The lowest BCUT2D eigenvalue weighted by Gasteiger charge is -2.26. The highest BCUT2D eigenvalue weighted by Gasteiger charge is 2.10. The Hall–Kier alpha value is -0.670. The summed E-state index contributed by atoms with van der Waals surface area (Å²) in [4.78, 5) is 3.21. The van der Waals surface area contributed by atoms with Crippen LogP contribution in [0.15, 0.2) is 29.2 Å². The molecule has 0 saturated heterocycles. The Bertz CT molecular complexity index is 282. The molecular weight excluding hydrogens is 206 g/mol. The number of nitrogens with zero attached hydrogens (tertiary/aromatic N) is 1. The van der Waals surface area contributed by atoms with Crippen LogP contribution in [0, 0.1) is 0 Å². The zero-order valence-electron chi connectivity index (χ0n) is 9.60. The normalized spacial score (nSPS) is 12.9. The lowest BCUT2D eigenvalue weighted by molar-refractivity contribution is 0.0480. The van der Waals surface area contributed by atoms with Crippen LogP contribution in [0.25, 0.3) is 0 Å². The van der Waals surface area contributed by atoms with Gasteiger partial charge < -0.3 is 4.74 Å². The summed E-state index contributed by atoms with van der Waals surface area (Å²) >= 11 is 4.23. The van der Waals surface area contributed by atoms with Crippen LogP contribution in [-0.2, 0) is 0 Å². The molecule has 0 N–H and O–H groups in total. The highest BCUT2D eigenvalue weighted by Crippen LogP contribution is 2.16. The summed E-state index contributed by atoms with van der Waals surface area (Å²) < 4.78 is 5.81. The predicted octanol–water partition coefficient (Wildman–Crippen LogP) is 3.04. The highest BCUT2D eigenvalue weighted by atomic mass is 32.1. The minimum atomic E-state index is 0.116. The maximum absolute atomic E-state index is 5.81. The molecule has 0 aliphatic carbocycles. The lowest BCUT2D eigenvalue weighted by atomic mass is 10.3. The van der Waals surface area contributed by atoms with Gasteiger partial charge in [0.2, 0.25) is 0 Å². The third-order valence-corrected chi connectivity index (χ3v) is 2.77.